The molecule has 146 valence electrons. The van der Waals surface area contributed by atoms with Gasteiger partial charge in [0, 0.05) is 23.6 Å². The van der Waals surface area contributed by atoms with Crippen LogP contribution in [-0.2, 0) is 0 Å². The normalized spacial score (nSPS) is 12.3. The van der Waals surface area contributed by atoms with Crippen LogP contribution in [0.3, 0.4) is 0 Å². The molecule has 0 atom stereocenters. The van der Waals surface area contributed by atoms with Gasteiger partial charge in [-0.15, -0.1) is 11.3 Å². The zero-order valence-corrected chi connectivity index (χ0v) is 17.7. The van der Waals surface area contributed by atoms with E-state index in [0.717, 1.165) is 33.8 Å². The van der Waals surface area contributed by atoms with Crippen molar-refractivity contribution >= 4 is 17.0 Å². The van der Waals surface area contributed by atoms with E-state index in [0.29, 0.717) is 11.5 Å². The quantitative estimate of drug-likeness (QED) is 0.566. The van der Waals surface area contributed by atoms with E-state index in [1.807, 2.05) is 22.9 Å². The Balaban J connectivity index is 2.13. The highest BCUT2D eigenvalue weighted by atomic mass is 32.1. The maximum Gasteiger partial charge on any atom is 0.205 e. The first-order chi connectivity index (χ1) is 13.6. The fourth-order valence-corrected chi connectivity index (χ4v) is 3.74. The lowest BCUT2D eigenvalue weighted by atomic mass is 10.1. The monoisotopic (exact) mass is 395 g/mol. The van der Waals surface area contributed by atoms with Crippen molar-refractivity contribution in [3.63, 3.8) is 0 Å². The van der Waals surface area contributed by atoms with Crippen molar-refractivity contribution in [3.05, 3.63) is 63.8 Å². The molecule has 0 aliphatic rings. The van der Waals surface area contributed by atoms with Crippen molar-refractivity contribution in [1.82, 2.24) is 4.68 Å². The van der Waals surface area contributed by atoms with Gasteiger partial charge >= 0.3 is 0 Å². The molecule has 6 heteroatoms. The number of rotatable bonds is 6. The minimum Gasteiger partial charge on any atom is -0.493 e. The molecule has 3 aromatic rings. The number of hydrogen-bond donors (Lipinski definition) is 0. The summed E-state index contributed by atoms with van der Waals surface area (Å²) in [4.78, 5) is 5.26. The van der Waals surface area contributed by atoms with Crippen LogP contribution in [0.4, 0.5) is 0 Å². The van der Waals surface area contributed by atoms with Crippen LogP contribution in [0.2, 0.25) is 0 Å². The minimum atomic E-state index is 0.690. The summed E-state index contributed by atoms with van der Waals surface area (Å²) in [5.74, 6) is 1.39. The molecule has 0 aliphatic carbocycles. The van der Waals surface area contributed by atoms with Gasteiger partial charge in [-0.25, -0.2) is 4.68 Å². The second-order valence-electron chi connectivity index (χ2n) is 6.27. The smallest absolute Gasteiger partial charge is 0.205 e. The molecule has 1 heterocycles. The molecule has 5 nitrogen and oxygen atoms in total. The Kier molecular flexibility index (Phi) is 6.31. The first kappa shape index (κ1) is 19.9. The summed E-state index contributed by atoms with van der Waals surface area (Å²) >= 11 is 1.58. The van der Waals surface area contributed by atoms with E-state index in [9.17, 15) is 0 Å². The summed E-state index contributed by atoms with van der Waals surface area (Å²) in [7, 11) is 5.07. The fraction of sp³-hybridized carbons (Fsp3) is 0.273. The highest BCUT2D eigenvalue weighted by Crippen LogP contribution is 2.28. The first-order valence-corrected chi connectivity index (χ1v) is 9.99. The maximum atomic E-state index is 5.45. The van der Waals surface area contributed by atoms with Gasteiger partial charge < -0.3 is 9.47 Å². The summed E-state index contributed by atoms with van der Waals surface area (Å²) in [5, 5.41) is 7.06. The molecule has 0 bridgehead atoms. The van der Waals surface area contributed by atoms with Crippen LogP contribution in [0.1, 0.15) is 24.5 Å². The van der Waals surface area contributed by atoms with E-state index in [1.54, 1.807) is 32.6 Å². The second-order valence-corrected chi connectivity index (χ2v) is 7.11. The third kappa shape index (κ3) is 4.02. The number of aryl methyl sites for hydroxylation is 1. The van der Waals surface area contributed by atoms with Crippen molar-refractivity contribution in [3.8, 4) is 22.8 Å². The highest BCUT2D eigenvalue weighted by Gasteiger charge is 2.12. The van der Waals surface area contributed by atoms with Gasteiger partial charge in [0.05, 0.1) is 25.6 Å². The molecule has 28 heavy (non-hydrogen) atoms. The van der Waals surface area contributed by atoms with Crippen LogP contribution >= 0.6 is 11.3 Å². The topological polar surface area (TPSA) is 48.1 Å². The summed E-state index contributed by atoms with van der Waals surface area (Å²) in [5.41, 5.74) is 5.31. The van der Waals surface area contributed by atoms with Gasteiger partial charge in [0.25, 0.3) is 0 Å². The molecule has 0 fully saturated rings. The van der Waals surface area contributed by atoms with Crippen molar-refractivity contribution in [1.29, 1.82) is 0 Å². The molecule has 0 unspecified atom stereocenters. The molecule has 3 rings (SSSR count). The van der Waals surface area contributed by atoms with Gasteiger partial charge in [-0.2, -0.15) is 5.10 Å². The molecule has 0 N–H and O–H groups in total. The van der Waals surface area contributed by atoms with E-state index in [4.69, 9.17) is 14.6 Å². The number of methoxy groups -OCH3 is 2. The largest absolute Gasteiger partial charge is 0.493 e. The van der Waals surface area contributed by atoms with Crippen LogP contribution < -0.4 is 14.3 Å². The first-order valence-electron chi connectivity index (χ1n) is 9.11. The van der Waals surface area contributed by atoms with Crippen LogP contribution in [0.5, 0.6) is 11.5 Å². The Morgan fingerprint density at radius 2 is 1.75 bits per heavy atom. The van der Waals surface area contributed by atoms with Gasteiger partial charge in [-0.1, -0.05) is 36.8 Å². The van der Waals surface area contributed by atoms with Crippen LogP contribution in [-0.4, -0.2) is 31.7 Å². The zero-order valence-electron chi connectivity index (χ0n) is 16.9. The Labute approximate surface area is 169 Å². The number of nitrogens with zero attached hydrogens (tertiary/aromatic N) is 3. The summed E-state index contributed by atoms with van der Waals surface area (Å²) in [6.45, 7) is 4.18. The van der Waals surface area contributed by atoms with Crippen LogP contribution in [0, 0.1) is 6.92 Å². The molecular formula is C22H25N3O2S. The third-order valence-corrected chi connectivity index (χ3v) is 5.40. The van der Waals surface area contributed by atoms with Crippen molar-refractivity contribution in [2.45, 2.75) is 20.3 Å². The van der Waals surface area contributed by atoms with Gasteiger partial charge in [0.15, 0.2) is 11.5 Å². The Morgan fingerprint density at radius 1 is 1.04 bits per heavy atom. The van der Waals surface area contributed by atoms with Crippen molar-refractivity contribution in [2.75, 3.05) is 21.3 Å². The van der Waals surface area contributed by atoms with Crippen molar-refractivity contribution < 1.29 is 9.47 Å². The summed E-state index contributed by atoms with van der Waals surface area (Å²) in [6, 6.07) is 14.3. The van der Waals surface area contributed by atoms with Crippen LogP contribution in [0.25, 0.3) is 11.3 Å². The molecule has 1 aromatic heterocycles. The number of ether oxygens (including phenoxy) is 2. The third-order valence-electron chi connectivity index (χ3n) is 4.50. The van der Waals surface area contributed by atoms with Crippen molar-refractivity contribution in [2.24, 2.45) is 10.1 Å². The predicted molar refractivity (Wildman–Crippen MR) is 116 cm³/mol. The molecule has 0 saturated carbocycles. The average Bonchev–Trinajstić information content (AvgIpc) is 3.14. The predicted octanol–water partition coefficient (Wildman–Crippen LogP) is 4.74. The van der Waals surface area contributed by atoms with E-state index >= 15 is 0 Å². The summed E-state index contributed by atoms with van der Waals surface area (Å²) in [6.07, 6.45) is 0.773. The maximum absolute atomic E-state index is 5.45. The lowest BCUT2D eigenvalue weighted by Gasteiger charge is -2.11. The molecular weight excluding hydrogens is 370 g/mol. The van der Waals surface area contributed by atoms with E-state index in [2.05, 4.69) is 48.5 Å². The van der Waals surface area contributed by atoms with E-state index < -0.39 is 0 Å². The van der Waals surface area contributed by atoms with E-state index in [-0.39, 0.29) is 0 Å². The number of hydrogen-bond acceptors (Lipinski definition) is 5. The highest BCUT2D eigenvalue weighted by molar-refractivity contribution is 7.07. The number of aromatic nitrogens is 1. The van der Waals surface area contributed by atoms with Gasteiger partial charge in [0.1, 0.15) is 0 Å². The number of thiazole rings is 1. The van der Waals surface area contributed by atoms with Gasteiger partial charge in [-0.3, -0.25) is 4.99 Å². The van der Waals surface area contributed by atoms with Gasteiger partial charge in [-0.05, 0) is 31.5 Å². The Hall–Kier alpha value is -2.86. The molecule has 0 amide bonds. The molecule has 0 spiro atoms. The lowest BCUT2D eigenvalue weighted by molar-refractivity contribution is 0.355. The average molecular weight is 396 g/mol. The molecule has 0 saturated heterocycles. The minimum absolute atomic E-state index is 0.690. The second kappa shape index (κ2) is 8.89. The zero-order chi connectivity index (χ0) is 20.1. The van der Waals surface area contributed by atoms with Gasteiger partial charge in [0.2, 0.25) is 4.80 Å². The SMILES string of the molecule is CCC(=Nn1c(-c2ccc(C)cc2)csc1=NC)c1ccc(OC)c(OC)c1. The standard InChI is InChI=1S/C22H25N3O2S/c1-6-18(17-11-12-20(26-4)21(13-17)27-5)24-25-19(14-28-22(25)23-3)16-9-7-15(2)8-10-16/h7-14H,6H2,1-5H3. The fourth-order valence-electron chi connectivity index (χ4n) is 2.94. The van der Waals surface area contributed by atoms with E-state index in [1.165, 1.54) is 5.56 Å². The lowest BCUT2D eigenvalue weighted by Crippen LogP contribution is -2.14. The summed E-state index contributed by atoms with van der Waals surface area (Å²) < 4.78 is 12.7. The molecule has 0 radical (unpaired) electrons. The Morgan fingerprint density at radius 3 is 2.36 bits per heavy atom. The number of benzene rings is 2. The molecule has 2 aromatic carbocycles. The Bertz CT molecular complexity index is 1050. The molecule has 0 aliphatic heterocycles. The van der Waals surface area contributed by atoms with Crippen LogP contribution in [0.15, 0.2) is 57.9 Å².